The van der Waals surface area contributed by atoms with E-state index in [4.69, 9.17) is 14.6 Å². The summed E-state index contributed by atoms with van der Waals surface area (Å²) in [6.45, 7) is 5.98. The average Bonchev–Trinajstić information content (AvgIpc) is 3.37. The SMILES string of the molecule is CC.CN(C)SN.COC1COCCC1NC1CCC(C(=O)N2CCc3ncc(C(F)(F)F)cc3C2)C1. The van der Waals surface area contributed by atoms with Gasteiger partial charge in [0, 0.05) is 75.3 Å². The van der Waals surface area contributed by atoms with E-state index < -0.39 is 11.7 Å². The number of nitrogens with zero attached hydrogens (tertiary/aromatic N) is 3. The summed E-state index contributed by atoms with van der Waals surface area (Å²) >= 11 is 1.21. The summed E-state index contributed by atoms with van der Waals surface area (Å²) in [4.78, 5) is 18.7. The number of methoxy groups -OCH3 is 1. The first-order valence-corrected chi connectivity index (χ1v) is 13.7. The van der Waals surface area contributed by atoms with Crippen molar-refractivity contribution in [2.45, 2.75) is 76.9 Å². The van der Waals surface area contributed by atoms with Gasteiger partial charge < -0.3 is 19.7 Å². The van der Waals surface area contributed by atoms with Crippen molar-refractivity contribution in [3.63, 3.8) is 0 Å². The zero-order valence-corrected chi connectivity index (χ0v) is 23.3. The van der Waals surface area contributed by atoms with E-state index in [-0.39, 0.29) is 36.6 Å². The Morgan fingerprint density at radius 1 is 1.30 bits per heavy atom. The lowest BCUT2D eigenvalue weighted by molar-refractivity contribution is -0.137. The Bertz CT molecular complexity index is 846. The molecule has 4 atom stereocenters. The number of hydrogen-bond acceptors (Lipinski definition) is 8. The number of carbonyl (C=O) groups excluding carboxylic acids is 1. The molecule has 1 amide bonds. The van der Waals surface area contributed by atoms with Gasteiger partial charge in [0.1, 0.15) is 0 Å². The number of fused-ring (bicyclic) bond motifs is 1. The van der Waals surface area contributed by atoms with Gasteiger partial charge in [0.2, 0.25) is 5.91 Å². The van der Waals surface area contributed by atoms with Crippen LogP contribution in [-0.4, -0.2) is 79.2 Å². The first kappa shape index (κ1) is 31.8. The monoisotopic (exact) mass is 549 g/mol. The molecule has 3 heterocycles. The summed E-state index contributed by atoms with van der Waals surface area (Å²) in [5, 5.41) is 8.65. The largest absolute Gasteiger partial charge is 0.417 e. The molecule has 1 saturated carbocycles. The predicted molar refractivity (Wildman–Crippen MR) is 139 cm³/mol. The first-order valence-electron chi connectivity index (χ1n) is 12.9. The van der Waals surface area contributed by atoms with Crippen LogP contribution in [0.1, 0.15) is 56.4 Å². The highest BCUT2D eigenvalue weighted by Crippen LogP contribution is 2.33. The van der Waals surface area contributed by atoms with Crippen LogP contribution in [0.5, 0.6) is 0 Å². The Balaban J connectivity index is 0.000000617. The molecule has 212 valence electrons. The van der Waals surface area contributed by atoms with Crippen molar-refractivity contribution in [1.29, 1.82) is 0 Å². The molecule has 2 aliphatic heterocycles. The number of halogens is 3. The lowest BCUT2D eigenvalue weighted by Crippen LogP contribution is -2.50. The van der Waals surface area contributed by atoms with Crippen molar-refractivity contribution in [2.75, 3.05) is 41.0 Å². The van der Waals surface area contributed by atoms with Crippen LogP contribution in [0.25, 0.3) is 0 Å². The van der Waals surface area contributed by atoms with Gasteiger partial charge in [0.25, 0.3) is 0 Å². The maximum absolute atomic E-state index is 13.1. The molecule has 0 aromatic carbocycles. The number of amides is 1. The highest BCUT2D eigenvalue weighted by atomic mass is 32.2. The molecule has 1 aromatic rings. The third-order valence-corrected chi connectivity index (χ3v) is 7.15. The smallest absolute Gasteiger partial charge is 0.379 e. The van der Waals surface area contributed by atoms with Crippen LogP contribution >= 0.6 is 12.1 Å². The second kappa shape index (κ2) is 15.2. The molecule has 8 nitrogen and oxygen atoms in total. The van der Waals surface area contributed by atoms with E-state index in [9.17, 15) is 18.0 Å². The van der Waals surface area contributed by atoms with E-state index in [2.05, 4.69) is 10.3 Å². The summed E-state index contributed by atoms with van der Waals surface area (Å²) in [6, 6.07) is 1.60. The Hall–Kier alpha value is -1.44. The van der Waals surface area contributed by atoms with Gasteiger partial charge in [-0.25, -0.2) is 4.31 Å². The summed E-state index contributed by atoms with van der Waals surface area (Å²) in [5.41, 5.74) is 0.398. The lowest BCUT2D eigenvalue weighted by Gasteiger charge is -2.33. The van der Waals surface area contributed by atoms with E-state index in [1.54, 1.807) is 12.0 Å². The molecule has 4 unspecified atom stereocenters. The molecule has 1 aliphatic carbocycles. The molecule has 4 rings (SSSR count). The molecule has 3 aliphatic rings. The van der Waals surface area contributed by atoms with Crippen molar-refractivity contribution in [1.82, 2.24) is 19.5 Å². The number of nitrogens with two attached hydrogens (primary N) is 1. The van der Waals surface area contributed by atoms with E-state index in [1.165, 1.54) is 12.1 Å². The zero-order chi connectivity index (χ0) is 27.6. The number of nitrogens with one attached hydrogen (secondary N) is 1. The number of aromatic nitrogens is 1. The van der Waals surface area contributed by atoms with Crippen LogP contribution in [0.3, 0.4) is 0 Å². The van der Waals surface area contributed by atoms with Gasteiger partial charge in [-0.2, -0.15) is 13.2 Å². The third-order valence-electron chi connectivity index (χ3n) is 6.73. The fraction of sp³-hybridized carbons (Fsp3) is 0.760. The second-order valence-corrected chi connectivity index (χ2v) is 10.3. The third kappa shape index (κ3) is 9.36. The standard InChI is InChI=1S/C21H28F3N3O3.C2H8N2S.C2H6/c1-29-19-12-30-7-5-18(19)26-16-3-2-13(9-16)20(28)27-6-4-17-14(11-27)8-15(10-25-17)21(22,23)24;1-4(2)5-3;1-2/h8,10,13,16,18-19,26H,2-7,9,11-12H2,1H3;3H2,1-2H3;1-2H3. The summed E-state index contributed by atoms with van der Waals surface area (Å²) < 4.78 is 51.8. The van der Waals surface area contributed by atoms with Gasteiger partial charge >= 0.3 is 6.18 Å². The fourth-order valence-corrected chi connectivity index (χ4v) is 4.82. The van der Waals surface area contributed by atoms with Crippen LogP contribution in [-0.2, 0) is 33.4 Å². The summed E-state index contributed by atoms with van der Waals surface area (Å²) in [5.74, 6) is -0.0544. The lowest BCUT2D eigenvalue weighted by atomic mass is 10.00. The molecule has 0 radical (unpaired) electrons. The van der Waals surface area contributed by atoms with Gasteiger partial charge in [-0.15, -0.1) is 0 Å². The van der Waals surface area contributed by atoms with Gasteiger partial charge in [-0.05, 0) is 51.4 Å². The van der Waals surface area contributed by atoms with Gasteiger partial charge in [-0.1, -0.05) is 13.8 Å². The van der Waals surface area contributed by atoms with Crippen LogP contribution in [0.15, 0.2) is 12.3 Å². The van der Waals surface area contributed by atoms with Crippen molar-refractivity contribution in [3.8, 4) is 0 Å². The highest BCUT2D eigenvalue weighted by molar-refractivity contribution is 7.94. The van der Waals surface area contributed by atoms with Gasteiger partial charge in [-0.3, -0.25) is 14.9 Å². The minimum Gasteiger partial charge on any atom is -0.379 e. The molecule has 37 heavy (non-hydrogen) atoms. The number of ether oxygens (including phenoxy) is 2. The highest BCUT2D eigenvalue weighted by Gasteiger charge is 2.37. The van der Waals surface area contributed by atoms with Crippen LogP contribution in [0, 0.1) is 5.92 Å². The Labute approximate surface area is 223 Å². The molecule has 1 aromatic heterocycles. The van der Waals surface area contributed by atoms with Crippen molar-refractivity contribution in [3.05, 3.63) is 29.1 Å². The quantitative estimate of drug-likeness (QED) is 0.538. The zero-order valence-electron chi connectivity index (χ0n) is 22.5. The minimum atomic E-state index is -4.43. The number of pyridine rings is 1. The van der Waals surface area contributed by atoms with Crippen molar-refractivity contribution >= 4 is 18.0 Å². The molecule has 3 N–H and O–H groups in total. The topological polar surface area (TPSA) is 92.9 Å². The number of hydrogen-bond donors (Lipinski definition) is 2. The Morgan fingerprint density at radius 2 is 2.00 bits per heavy atom. The number of alkyl halides is 3. The van der Waals surface area contributed by atoms with Gasteiger partial charge in [0.05, 0.1) is 18.3 Å². The summed E-state index contributed by atoms with van der Waals surface area (Å²) in [7, 11) is 5.47. The van der Waals surface area contributed by atoms with Crippen LogP contribution < -0.4 is 10.5 Å². The fourth-order valence-electron chi connectivity index (χ4n) is 4.82. The maximum Gasteiger partial charge on any atom is 0.417 e. The van der Waals surface area contributed by atoms with E-state index in [1.807, 2.05) is 32.2 Å². The molecular formula is C25H42F3N5O3S. The molecule has 12 heteroatoms. The first-order chi connectivity index (χ1) is 17.6. The summed E-state index contributed by atoms with van der Waals surface area (Å²) in [6.07, 6.45) is 0.293. The van der Waals surface area contributed by atoms with Crippen molar-refractivity contribution < 1.29 is 27.4 Å². The Morgan fingerprint density at radius 3 is 2.62 bits per heavy atom. The van der Waals surface area contributed by atoms with E-state index in [0.29, 0.717) is 37.4 Å². The molecule has 1 saturated heterocycles. The molecule has 0 bridgehead atoms. The molecule has 0 spiro atoms. The Kier molecular flexibility index (Phi) is 13.1. The normalized spacial score (nSPS) is 25.5. The predicted octanol–water partition coefficient (Wildman–Crippen LogP) is 3.64. The number of carbonyl (C=O) groups is 1. The van der Waals surface area contributed by atoms with Crippen LogP contribution in [0.2, 0.25) is 0 Å². The van der Waals surface area contributed by atoms with E-state index >= 15 is 0 Å². The number of rotatable bonds is 5. The van der Waals surface area contributed by atoms with Crippen LogP contribution in [0.4, 0.5) is 13.2 Å². The molecule has 2 fully saturated rings. The second-order valence-electron chi connectivity index (χ2n) is 9.37. The molecular weight excluding hydrogens is 507 g/mol. The van der Waals surface area contributed by atoms with E-state index in [0.717, 1.165) is 37.9 Å². The van der Waals surface area contributed by atoms with Crippen molar-refractivity contribution in [2.24, 2.45) is 11.1 Å². The average molecular weight is 550 g/mol. The minimum absolute atomic E-state index is 0.0161. The maximum atomic E-state index is 13.1. The van der Waals surface area contributed by atoms with Gasteiger partial charge in [0.15, 0.2) is 0 Å².